The van der Waals surface area contributed by atoms with Gasteiger partial charge in [-0.05, 0) is 25.5 Å². The molecule has 90 valence electrons. The van der Waals surface area contributed by atoms with Crippen molar-refractivity contribution in [1.82, 2.24) is 4.57 Å². The highest BCUT2D eigenvalue weighted by Gasteiger charge is 2.36. The number of aliphatic carboxylic acids is 1. The first-order chi connectivity index (χ1) is 8.00. The van der Waals surface area contributed by atoms with Crippen LogP contribution in [0.25, 0.3) is 11.1 Å². The Bertz CT molecular complexity index is 625. The van der Waals surface area contributed by atoms with Crippen molar-refractivity contribution in [2.24, 2.45) is 0 Å². The average Bonchev–Trinajstić information content (AvgIpc) is 2.64. The Morgan fingerprint density at radius 2 is 2.12 bits per heavy atom. The molecule has 0 aliphatic carbocycles. The van der Waals surface area contributed by atoms with Gasteiger partial charge in [-0.2, -0.15) is 0 Å². The van der Waals surface area contributed by atoms with Crippen LogP contribution in [0, 0.1) is 0 Å². The van der Waals surface area contributed by atoms with Gasteiger partial charge in [0.05, 0.1) is 5.52 Å². The number of benzene rings is 1. The first-order valence-corrected chi connectivity index (χ1v) is 5.35. The molecule has 0 spiro atoms. The summed E-state index contributed by atoms with van der Waals surface area (Å²) < 4.78 is 6.24. The van der Waals surface area contributed by atoms with Crippen molar-refractivity contribution < 1.29 is 14.3 Å². The van der Waals surface area contributed by atoms with Crippen LogP contribution in [0.15, 0.2) is 33.5 Å². The van der Waals surface area contributed by atoms with Crippen molar-refractivity contribution in [3.8, 4) is 0 Å². The van der Waals surface area contributed by atoms with Crippen molar-refractivity contribution in [1.29, 1.82) is 0 Å². The highest BCUT2D eigenvalue weighted by Crippen LogP contribution is 2.24. The molecule has 5 heteroatoms. The maximum atomic E-state index is 11.8. The van der Waals surface area contributed by atoms with E-state index in [2.05, 4.69) is 0 Å². The molecule has 0 aliphatic heterocycles. The van der Waals surface area contributed by atoms with E-state index in [0.29, 0.717) is 17.5 Å². The van der Waals surface area contributed by atoms with Crippen molar-refractivity contribution in [2.75, 3.05) is 0 Å². The van der Waals surface area contributed by atoms with E-state index in [9.17, 15) is 14.7 Å². The fourth-order valence-electron chi connectivity index (χ4n) is 1.84. The van der Waals surface area contributed by atoms with Gasteiger partial charge in [0, 0.05) is 0 Å². The summed E-state index contributed by atoms with van der Waals surface area (Å²) in [6.07, 6.45) is 0.297. The number of para-hydroxylation sites is 2. The number of carbonyl (C=O) groups is 1. The number of oxazole rings is 1. The van der Waals surface area contributed by atoms with Crippen LogP contribution in [0.1, 0.15) is 20.3 Å². The summed E-state index contributed by atoms with van der Waals surface area (Å²) in [6, 6.07) is 6.80. The number of nitrogens with zero attached hydrogens (tertiary/aromatic N) is 1. The van der Waals surface area contributed by atoms with Crippen LogP contribution in [0.5, 0.6) is 0 Å². The van der Waals surface area contributed by atoms with E-state index in [0.717, 1.165) is 0 Å². The summed E-state index contributed by atoms with van der Waals surface area (Å²) in [5.41, 5.74) is -0.383. The van der Waals surface area contributed by atoms with E-state index < -0.39 is 17.3 Å². The molecular weight excluding hydrogens is 222 g/mol. The van der Waals surface area contributed by atoms with Gasteiger partial charge in [0.15, 0.2) is 5.58 Å². The van der Waals surface area contributed by atoms with Crippen LogP contribution in [0.3, 0.4) is 0 Å². The third-order valence-electron chi connectivity index (χ3n) is 3.13. The Kier molecular flexibility index (Phi) is 2.53. The van der Waals surface area contributed by atoms with E-state index in [1.807, 2.05) is 0 Å². The van der Waals surface area contributed by atoms with Crippen LogP contribution in [-0.2, 0) is 10.3 Å². The highest BCUT2D eigenvalue weighted by atomic mass is 16.4. The van der Waals surface area contributed by atoms with E-state index in [4.69, 9.17) is 4.42 Å². The molecule has 0 amide bonds. The SMILES string of the molecule is CCC(C)(C(=O)O)n1c(=O)oc2ccccc21. The van der Waals surface area contributed by atoms with Gasteiger partial charge in [-0.3, -0.25) is 4.57 Å². The van der Waals surface area contributed by atoms with Crippen LogP contribution in [0.4, 0.5) is 0 Å². The lowest BCUT2D eigenvalue weighted by molar-refractivity contribution is -0.146. The number of rotatable bonds is 3. The number of hydrogen-bond donors (Lipinski definition) is 1. The third kappa shape index (κ3) is 1.54. The number of carboxylic acids is 1. The van der Waals surface area contributed by atoms with E-state index >= 15 is 0 Å². The minimum atomic E-state index is -1.29. The average molecular weight is 235 g/mol. The lowest BCUT2D eigenvalue weighted by Gasteiger charge is -2.23. The van der Waals surface area contributed by atoms with Crippen LogP contribution in [0.2, 0.25) is 0 Å². The molecule has 0 aliphatic rings. The quantitative estimate of drug-likeness (QED) is 0.880. The fraction of sp³-hybridized carbons (Fsp3) is 0.333. The molecular formula is C12H13NO4. The molecule has 1 aromatic heterocycles. The zero-order chi connectivity index (χ0) is 12.6. The molecule has 1 heterocycles. The maximum Gasteiger partial charge on any atom is 0.420 e. The van der Waals surface area contributed by atoms with Crippen molar-refractivity contribution in [2.45, 2.75) is 25.8 Å². The summed E-state index contributed by atoms with van der Waals surface area (Å²) >= 11 is 0. The molecule has 0 saturated carbocycles. The summed E-state index contributed by atoms with van der Waals surface area (Å²) in [5.74, 6) is -1.69. The third-order valence-corrected chi connectivity index (χ3v) is 3.13. The van der Waals surface area contributed by atoms with Gasteiger partial charge in [0.2, 0.25) is 0 Å². The second-order valence-corrected chi connectivity index (χ2v) is 4.10. The first kappa shape index (κ1) is 11.4. The molecule has 0 saturated heterocycles. The predicted octanol–water partition coefficient (Wildman–Crippen LogP) is 1.80. The lowest BCUT2D eigenvalue weighted by atomic mass is 9.98. The summed E-state index contributed by atoms with van der Waals surface area (Å²) in [7, 11) is 0. The molecule has 1 N–H and O–H groups in total. The first-order valence-electron chi connectivity index (χ1n) is 5.35. The predicted molar refractivity (Wildman–Crippen MR) is 62.0 cm³/mol. The minimum absolute atomic E-state index is 0.297. The normalized spacial score (nSPS) is 14.7. The number of carboxylic acid groups (broad SMARTS) is 1. The molecule has 1 atom stereocenters. The summed E-state index contributed by atoms with van der Waals surface area (Å²) in [4.78, 5) is 23.1. The minimum Gasteiger partial charge on any atom is -0.479 e. The number of aromatic nitrogens is 1. The zero-order valence-electron chi connectivity index (χ0n) is 9.64. The monoisotopic (exact) mass is 235 g/mol. The number of hydrogen-bond acceptors (Lipinski definition) is 3. The molecule has 2 aromatic rings. The Hall–Kier alpha value is -2.04. The van der Waals surface area contributed by atoms with E-state index in [1.54, 1.807) is 31.2 Å². The van der Waals surface area contributed by atoms with Gasteiger partial charge in [0.1, 0.15) is 5.54 Å². The molecule has 17 heavy (non-hydrogen) atoms. The van der Waals surface area contributed by atoms with Gasteiger partial charge in [0.25, 0.3) is 0 Å². The summed E-state index contributed by atoms with van der Waals surface area (Å²) in [6.45, 7) is 3.24. The fourth-order valence-corrected chi connectivity index (χ4v) is 1.84. The molecule has 0 radical (unpaired) electrons. The topological polar surface area (TPSA) is 72.4 Å². The van der Waals surface area contributed by atoms with Crippen molar-refractivity contribution in [3.05, 3.63) is 34.8 Å². The molecule has 0 bridgehead atoms. The molecule has 1 aromatic carbocycles. The zero-order valence-corrected chi connectivity index (χ0v) is 9.64. The van der Waals surface area contributed by atoms with Gasteiger partial charge in [-0.25, -0.2) is 9.59 Å². The Morgan fingerprint density at radius 1 is 1.47 bits per heavy atom. The van der Waals surface area contributed by atoms with Gasteiger partial charge in [-0.15, -0.1) is 0 Å². The van der Waals surface area contributed by atoms with Gasteiger partial charge < -0.3 is 9.52 Å². The highest BCUT2D eigenvalue weighted by molar-refractivity contribution is 5.81. The second-order valence-electron chi connectivity index (χ2n) is 4.10. The van der Waals surface area contributed by atoms with Crippen LogP contribution < -0.4 is 5.76 Å². The Morgan fingerprint density at radius 3 is 2.71 bits per heavy atom. The van der Waals surface area contributed by atoms with Crippen molar-refractivity contribution in [3.63, 3.8) is 0 Å². The van der Waals surface area contributed by atoms with Gasteiger partial charge >= 0.3 is 11.7 Å². The standard InChI is InChI=1S/C12H13NO4/c1-3-12(2,10(14)15)13-8-6-4-5-7-9(8)17-11(13)16/h4-7H,3H2,1-2H3,(H,14,15). The Balaban J connectivity index is 2.82. The van der Waals surface area contributed by atoms with Crippen LogP contribution >= 0.6 is 0 Å². The molecule has 5 nitrogen and oxygen atoms in total. The molecule has 2 rings (SSSR count). The lowest BCUT2D eigenvalue weighted by Crippen LogP contribution is -2.43. The largest absolute Gasteiger partial charge is 0.479 e. The second kappa shape index (κ2) is 3.76. The smallest absolute Gasteiger partial charge is 0.420 e. The van der Waals surface area contributed by atoms with Crippen LogP contribution in [-0.4, -0.2) is 15.6 Å². The molecule has 1 unspecified atom stereocenters. The Labute approximate surface area is 97.3 Å². The molecule has 0 fully saturated rings. The van der Waals surface area contributed by atoms with Gasteiger partial charge in [-0.1, -0.05) is 19.1 Å². The number of fused-ring (bicyclic) bond motifs is 1. The van der Waals surface area contributed by atoms with E-state index in [-0.39, 0.29) is 0 Å². The summed E-state index contributed by atoms with van der Waals surface area (Å²) in [5, 5.41) is 9.29. The van der Waals surface area contributed by atoms with E-state index in [1.165, 1.54) is 11.5 Å². The maximum absolute atomic E-state index is 11.8. The van der Waals surface area contributed by atoms with Crippen molar-refractivity contribution >= 4 is 17.1 Å².